The third kappa shape index (κ3) is 4.71. The summed E-state index contributed by atoms with van der Waals surface area (Å²) in [5.74, 6) is 0. The average molecular weight is 501 g/mol. The van der Waals surface area contributed by atoms with Crippen LogP contribution < -0.4 is 0 Å². The Labute approximate surface area is 191 Å². The predicted molar refractivity (Wildman–Crippen MR) is 121 cm³/mol. The molecule has 1 aromatic carbocycles. The van der Waals surface area contributed by atoms with Crippen LogP contribution >= 0.6 is 23.1 Å². The van der Waals surface area contributed by atoms with Crippen molar-refractivity contribution >= 4 is 38.3 Å². The molecule has 0 unspecified atom stereocenters. The van der Waals surface area contributed by atoms with Crippen LogP contribution in [0.25, 0.3) is 16.3 Å². The summed E-state index contributed by atoms with van der Waals surface area (Å²) in [5, 5.41) is 5.92. The number of nitrogens with zero attached hydrogens (tertiary/aromatic N) is 4. The van der Waals surface area contributed by atoms with Gasteiger partial charge in [-0.3, -0.25) is 0 Å². The van der Waals surface area contributed by atoms with Crippen molar-refractivity contribution in [3.8, 4) is 16.3 Å². The number of thiophene rings is 1. The molecule has 0 N–H and O–H groups in total. The zero-order chi connectivity index (χ0) is 22.9. The molecule has 3 aromatic rings. The van der Waals surface area contributed by atoms with E-state index in [1.165, 1.54) is 52.0 Å². The first kappa shape index (κ1) is 22.9. The Hall–Kier alpha value is -2.31. The minimum Gasteiger partial charge on any atom is -0.351 e. The summed E-state index contributed by atoms with van der Waals surface area (Å²) >= 11 is 2.56. The number of aromatic nitrogens is 2. The third-order valence-corrected chi connectivity index (χ3v) is 7.91. The lowest BCUT2D eigenvalue weighted by Gasteiger charge is -2.17. The van der Waals surface area contributed by atoms with E-state index < -0.39 is 21.9 Å². The van der Waals surface area contributed by atoms with Gasteiger partial charge in [0.05, 0.1) is 21.2 Å². The fraction of sp³-hybridized carbons (Fsp3) is 0.300. The fourth-order valence-corrected chi connectivity index (χ4v) is 6.03. The number of hydrogen-bond donors (Lipinski definition) is 0. The lowest BCUT2D eigenvalue weighted by Crippen LogP contribution is -2.26. The van der Waals surface area contributed by atoms with E-state index in [2.05, 4.69) is 9.50 Å². The van der Waals surface area contributed by atoms with Gasteiger partial charge >= 0.3 is 6.18 Å². The van der Waals surface area contributed by atoms with E-state index in [4.69, 9.17) is 0 Å². The van der Waals surface area contributed by atoms with Crippen LogP contribution in [-0.4, -0.2) is 47.6 Å². The molecule has 1 saturated heterocycles. The highest BCUT2D eigenvalue weighted by Gasteiger charge is 2.35. The van der Waals surface area contributed by atoms with Crippen LogP contribution in [-0.2, 0) is 16.2 Å². The number of benzene rings is 1. The van der Waals surface area contributed by atoms with Crippen molar-refractivity contribution in [2.24, 2.45) is 4.40 Å². The van der Waals surface area contributed by atoms with Crippen molar-refractivity contribution in [2.45, 2.75) is 23.9 Å². The van der Waals surface area contributed by atoms with Gasteiger partial charge in [-0.25, -0.2) is 4.68 Å². The molecule has 0 bridgehead atoms. The SMILES string of the molecule is CSC(=NS(=O)(=O)c1ccc(-n2nc(C(F)(F)F)cc2-c2cccs2)cc1)N1CCCC1. The van der Waals surface area contributed by atoms with Crippen LogP contribution in [0.4, 0.5) is 13.2 Å². The standard InChI is InChI=1S/C20H19F3N4O2S3/c1-30-19(26-10-2-3-11-26)25-32(28,29)15-8-6-14(7-9-15)27-16(17-5-4-12-31-17)13-18(24-27)20(21,22)23/h4-9,12-13H,2-3,10-11H2,1H3. The van der Waals surface area contributed by atoms with Gasteiger partial charge in [0.25, 0.3) is 10.0 Å². The van der Waals surface area contributed by atoms with E-state index in [0.717, 1.165) is 32.0 Å². The van der Waals surface area contributed by atoms with Crippen LogP contribution in [0.2, 0.25) is 0 Å². The van der Waals surface area contributed by atoms with E-state index in [9.17, 15) is 21.6 Å². The van der Waals surface area contributed by atoms with Gasteiger partial charge in [0.15, 0.2) is 10.9 Å². The molecule has 1 aliphatic rings. The van der Waals surface area contributed by atoms with Crippen molar-refractivity contribution in [2.75, 3.05) is 19.3 Å². The Balaban J connectivity index is 1.69. The first-order valence-corrected chi connectivity index (χ1v) is 13.2. The van der Waals surface area contributed by atoms with Gasteiger partial charge in [-0.05, 0) is 60.9 Å². The van der Waals surface area contributed by atoms with Gasteiger partial charge in [0, 0.05) is 13.1 Å². The van der Waals surface area contributed by atoms with Crippen molar-refractivity contribution in [3.05, 3.63) is 53.5 Å². The summed E-state index contributed by atoms with van der Waals surface area (Å²) in [6.07, 6.45) is -0.841. The van der Waals surface area contributed by atoms with Gasteiger partial charge in [-0.15, -0.1) is 15.7 Å². The zero-order valence-electron chi connectivity index (χ0n) is 16.9. The van der Waals surface area contributed by atoms with Crippen molar-refractivity contribution < 1.29 is 21.6 Å². The lowest BCUT2D eigenvalue weighted by atomic mass is 10.2. The van der Waals surface area contributed by atoms with Gasteiger partial charge in [-0.1, -0.05) is 17.8 Å². The number of halogens is 3. The summed E-state index contributed by atoms with van der Waals surface area (Å²) in [5.41, 5.74) is -0.423. The monoisotopic (exact) mass is 500 g/mol. The van der Waals surface area contributed by atoms with Crippen molar-refractivity contribution in [3.63, 3.8) is 0 Å². The van der Waals surface area contributed by atoms with Crippen LogP contribution in [0, 0.1) is 0 Å². The predicted octanol–water partition coefficient (Wildman–Crippen LogP) is 5.12. The number of amidine groups is 1. The smallest absolute Gasteiger partial charge is 0.351 e. The lowest BCUT2D eigenvalue weighted by molar-refractivity contribution is -0.141. The quantitative estimate of drug-likeness (QED) is 0.367. The molecule has 32 heavy (non-hydrogen) atoms. The topological polar surface area (TPSA) is 67.6 Å². The normalized spacial score (nSPS) is 15.5. The summed E-state index contributed by atoms with van der Waals surface area (Å²) < 4.78 is 70.6. The van der Waals surface area contributed by atoms with E-state index in [1.54, 1.807) is 23.8 Å². The third-order valence-electron chi connectivity index (χ3n) is 4.91. The average Bonchev–Trinajstić information content (AvgIpc) is 3.52. The number of rotatable bonds is 4. The van der Waals surface area contributed by atoms with E-state index in [1.807, 2.05) is 4.90 Å². The molecular weight excluding hydrogens is 481 g/mol. The largest absolute Gasteiger partial charge is 0.435 e. The summed E-state index contributed by atoms with van der Waals surface area (Å²) in [7, 11) is -3.96. The first-order valence-electron chi connectivity index (χ1n) is 9.64. The molecular formula is C20H19F3N4O2S3. The highest BCUT2D eigenvalue weighted by atomic mass is 32.2. The molecule has 0 aliphatic carbocycles. The Kier molecular flexibility index (Phi) is 6.37. The maximum atomic E-state index is 13.3. The van der Waals surface area contributed by atoms with Crippen LogP contribution in [0.5, 0.6) is 0 Å². The summed E-state index contributed by atoms with van der Waals surface area (Å²) in [6.45, 7) is 1.53. The molecule has 2 aromatic heterocycles. The maximum Gasteiger partial charge on any atom is 0.435 e. The minimum absolute atomic E-state index is 0.0344. The molecule has 6 nitrogen and oxygen atoms in total. The Morgan fingerprint density at radius 2 is 1.84 bits per heavy atom. The van der Waals surface area contributed by atoms with Crippen LogP contribution in [0.15, 0.2) is 57.1 Å². The van der Waals surface area contributed by atoms with Crippen molar-refractivity contribution in [1.29, 1.82) is 0 Å². The van der Waals surface area contributed by atoms with Gasteiger partial charge in [0.2, 0.25) is 0 Å². The molecule has 1 fully saturated rings. The first-order chi connectivity index (χ1) is 15.2. The Morgan fingerprint density at radius 1 is 1.16 bits per heavy atom. The van der Waals surface area contributed by atoms with Gasteiger partial charge in [0.1, 0.15) is 0 Å². The summed E-state index contributed by atoms with van der Waals surface area (Å²) in [6, 6.07) is 9.97. The Morgan fingerprint density at radius 3 is 2.41 bits per heavy atom. The van der Waals surface area contributed by atoms with Gasteiger partial charge in [-0.2, -0.15) is 26.7 Å². The van der Waals surface area contributed by atoms with Crippen molar-refractivity contribution in [1.82, 2.24) is 14.7 Å². The van der Waals surface area contributed by atoms with E-state index in [-0.39, 0.29) is 10.6 Å². The van der Waals surface area contributed by atoms with Crippen LogP contribution in [0.1, 0.15) is 18.5 Å². The highest BCUT2D eigenvalue weighted by Crippen LogP contribution is 2.35. The zero-order valence-corrected chi connectivity index (χ0v) is 19.4. The molecule has 0 spiro atoms. The molecule has 1 aliphatic heterocycles. The molecule has 4 rings (SSSR count). The Bertz CT molecular complexity index is 1210. The number of thioether (sulfide) groups is 1. The molecule has 0 saturated carbocycles. The van der Waals surface area contributed by atoms with Crippen LogP contribution in [0.3, 0.4) is 0 Å². The number of likely N-dealkylation sites (tertiary alicyclic amines) is 1. The molecule has 0 atom stereocenters. The van der Waals surface area contributed by atoms with Gasteiger partial charge < -0.3 is 4.90 Å². The van der Waals surface area contributed by atoms with E-state index in [0.29, 0.717) is 15.7 Å². The number of alkyl halides is 3. The van der Waals surface area contributed by atoms with E-state index >= 15 is 0 Å². The number of sulfonamides is 1. The minimum atomic E-state index is -4.60. The fourth-order valence-electron chi connectivity index (χ4n) is 3.36. The molecule has 0 radical (unpaired) electrons. The second-order valence-corrected chi connectivity index (χ2v) is 10.4. The number of hydrogen-bond acceptors (Lipinski definition) is 5. The molecule has 170 valence electrons. The maximum absolute atomic E-state index is 13.3. The summed E-state index contributed by atoms with van der Waals surface area (Å²) in [4.78, 5) is 2.52. The molecule has 3 heterocycles. The molecule has 0 amide bonds. The second kappa shape index (κ2) is 8.91. The second-order valence-electron chi connectivity index (χ2n) is 7.04. The molecule has 12 heteroatoms. The highest BCUT2D eigenvalue weighted by molar-refractivity contribution is 8.13.